The van der Waals surface area contributed by atoms with Crippen molar-refractivity contribution >= 4 is 22.6 Å². The van der Waals surface area contributed by atoms with Crippen LogP contribution in [0.15, 0.2) is 42.5 Å². The number of ether oxygens (including phenoxy) is 1. The number of aromatic nitrogens is 2. The van der Waals surface area contributed by atoms with Crippen LogP contribution in [0.1, 0.15) is 17.8 Å². The van der Waals surface area contributed by atoms with E-state index in [1.54, 1.807) is 0 Å². The number of aryl methyl sites for hydroxylation is 2. The third-order valence-electron chi connectivity index (χ3n) is 5.62. The third kappa shape index (κ3) is 4.92. The second kappa shape index (κ2) is 9.16. The van der Waals surface area contributed by atoms with Crippen LogP contribution < -0.4 is 4.74 Å². The molecule has 0 unspecified atom stereocenters. The van der Waals surface area contributed by atoms with Crippen LogP contribution in [-0.4, -0.2) is 59.2 Å². The fraction of sp³-hybridized carbons (Fsp3) is 0.435. The normalized spacial score (nSPS) is 15.8. The molecule has 5 nitrogen and oxygen atoms in total. The number of hydrogen-bond donors (Lipinski definition) is 0. The molecular formula is C23H29ClN4O. The lowest BCUT2D eigenvalue weighted by Gasteiger charge is -2.32. The Bertz CT molecular complexity index is 963. The standard InChI is InChI=1S/C23H29ClN4O/c1-18-16-19(8-9-20(18)24)29-15-5-10-28-22-7-4-3-6-21(22)25-23(28)17-27-13-11-26(2)12-14-27/h3-4,6-9,16H,5,10-15,17H2,1-2H3. The monoisotopic (exact) mass is 412 g/mol. The number of nitrogens with zero attached hydrogens (tertiary/aromatic N) is 4. The summed E-state index contributed by atoms with van der Waals surface area (Å²) >= 11 is 6.10. The lowest BCUT2D eigenvalue weighted by Crippen LogP contribution is -2.44. The Labute approximate surface area is 177 Å². The van der Waals surface area contributed by atoms with Gasteiger partial charge in [0.15, 0.2) is 0 Å². The fourth-order valence-corrected chi connectivity index (χ4v) is 3.94. The number of halogens is 1. The maximum Gasteiger partial charge on any atom is 0.124 e. The third-order valence-corrected chi connectivity index (χ3v) is 6.04. The molecule has 3 aromatic rings. The van der Waals surface area contributed by atoms with E-state index in [2.05, 4.69) is 45.7 Å². The quantitative estimate of drug-likeness (QED) is 0.544. The fourth-order valence-electron chi connectivity index (χ4n) is 3.82. The molecule has 154 valence electrons. The van der Waals surface area contributed by atoms with Crippen LogP contribution in [0.25, 0.3) is 11.0 Å². The molecule has 1 aromatic heterocycles. The zero-order chi connectivity index (χ0) is 20.2. The lowest BCUT2D eigenvalue weighted by molar-refractivity contribution is 0.144. The van der Waals surface area contributed by atoms with Gasteiger partial charge in [-0.3, -0.25) is 4.90 Å². The number of rotatable bonds is 7. The molecule has 1 saturated heterocycles. The maximum atomic E-state index is 6.10. The Morgan fingerprint density at radius 1 is 1.07 bits per heavy atom. The van der Waals surface area contributed by atoms with Gasteiger partial charge in [0.05, 0.1) is 24.2 Å². The number of hydrogen-bond acceptors (Lipinski definition) is 4. The smallest absolute Gasteiger partial charge is 0.124 e. The number of piperazine rings is 1. The minimum absolute atomic E-state index is 0.668. The van der Waals surface area contributed by atoms with Gasteiger partial charge in [-0.05, 0) is 56.3 Å². The first kappa shape index (κ1) is 20.2. The van der Waals surface area contributed by atoms with Gasteiger partial charge >= 0.3 is 0 Å². The maximum absolute atomic E-state index is 6.10. The zero-order valence-corrected chi connectivity index (χ0v) is 18.0. The topological polar surface area (TPSA) is 33.5 Å². The van der Waals surface area contributed by atoms with Crippen molar-refractivity contribution in [3.05, 3.63) is 58.9 Å². The van der Waals surface area contributed by atoms with Crippen molar-refractivity contribution in [3.63, 3.8) is 0 Å². The Hall–Kier alpha value is -2.08. The summed E-state index contributed by atoms with van der Waals surface area (Å²) in [6, 6.07) is 14.2. The summed E-state index contributed by atoms with van der Waals surface area (Å²) in [4.78, 5) is 9.83. The highest BCUT2D eigenvalue weighted by atomic mass is 35.5. The molecule has 0 saturated carbocycles. The molecule has 0 amide bonds. The van der Waals surface area contributed by atoms with Crippen LogP contribution in [-0.2, 0) is 13.1 Å². The van der Waals surface area contributed by atoms with Crippen molar-refractivity contribution in [1.29, 1.82) is 0 Å². The van der Waals surface area contributed by atoms with E-state index < -0.39 is 0 Å². The van der Waals surface area contributed by atoms with Crippen molar-refractivity contribution < 1.29 is 4.74 Å². The van der Waals surface area contributed by atoms with Crippen LogP contribution >= 0.6 is 11.6 Å². The van der Waals surface area contributed by atoms with E-state index in [1.807, 2.05) is 25.1 Å². The van der Waals surface area contributed by atoms with E-state index in [4.69, 9.17) is 21.3 Å². The van der Waals surface area contributed by atoms with Crippen molar-refractivity contribution in [3.8, 4) is 5.75 Å². The average Bonchev–Trinajstić information content (AvgIpc) is 3.07. The van der Waals surface area contributed by atoms with Gasteiger partial charge in [-0.2, -0.15) is 0 Å². The highest BCUT2D eigenvalue weighted by molar-refractivity contribution is 6.31. The molecule has 0 spiro atoms. The van der Waals surface area contributed by atoms with Crippen LogP contribution in [0.5, 0.6) is 5.75 Å². The van der Waals surface area contributed by atoms with Crippen LogP contribution in [0, 0.1) is 6.92 Å². The first-order valence-corrected chi connectivity index (χ1v) is 10.7. The largest absolute Gasteiger partial charge is 0.494 e. The highest BCUT2D eigenvalue weighted by Gasteiger charge is 2.18. The molecule has 29 heavy (non-hydrogen) atoms. The van der Waals surface area contributed by atoms with E-state index in [0.717, 1.165) is 73.4 Å². The summed E-state index contributed by atoms with van der Waals surface area (Å²) in [7, 11) is 2.19. The Kier molecular flexibility index (Phi) is 6.38. The first-order chi connectivity index (χ1) is 14.1. The summed E-state index contributed by atoms with van der Waals surface area (Å²) in [6.45, 7) is 8.90. The van der Waals surface area contributed by atoms with Crippen LogP contribution in [0.4, 0.5) is 0 Å². The lowest BCUT2D eigenvalue weighted by atomic mass is 10.2. The van der Waals surface area contributed by atoms with Gasteiger partial charge in [-0.15, -0.1) is 0 Å². The summed E-state index contributed by atoms with van der Waals surface area (Å²) in [5, 5.41) is 0.774. The average molecular weight is 413 g/mol. The second-order valence-electron chi connectivity index (χ2n) is 7.86. The minimum Gasteiger partial charge on any atom is -0.494 e. The molecule has 0 N–H and O–H groups in total. The molecule has 6 heteroatoms. The molecule has 2 heterocycles. The summed E-state index contributed by atoms with van der Waals surface area (Å²) in [5.41, 5.74) is 3.32. The van der Waals surface area contributed by atoms with Gasteiger partial charge in [0.1, 0.15) is 11.6 Å². The number of likely N-dealkylation sites (N-methyl/N-ethyl adjacent to an activating group) is 1. The van der Waals surface area contributed by atoms with E-state index in [-0.39, 0.29) is 0 Å². The van der Waals surface area contributed by atoms with Gasteiger partial charge in [0.25, 0.3) is 0 Å². The second-order valence-corrected chi connectivity index (χ2v) is 8.27. The molecule has 0 aliphatic carbocycles. The van der Waals surface area contributed by atoms with Crippen molar-refractivity contribution in [1.82, 2.24) is 19.4 Å². The van der Waals surface area contributed by atoms with E-state index >= 15 is 0 Å². The number of imidazole rings is 1. The minimum atomic E-state index is 0.668. The van der Waals surface area contributed by atoms with Gasteiger partial charge in [-0.1, -0.05) is 23.7 Å². The van der Waals surface area contributed by atoms with Crippen molar-refractivity contribution in [2.45, 2.75) is 26.4 Å². The van der Waals surface area contributed by atoms with E-state index in [1.165, 1.54) is 5.52 Å². The van der Waals surface area contributed by atoms with Gasteiger partial charge in [-0.25, -0.2) is 4.98 Å². The van der Waals surface area contributed by atoms with Gasteiger partial charge in [0, 0.05) is 37.7 Å². The Balaban J connectivity index is 1.42. The van der Waals surface area contributed by atoms with Crippen molar-refractivity contribution in [2.24, 2.45) is 0 Å². The number of fused-ring (bicyclic) bond motifs is 1. The van der Waals surface area contributed by atoms with Gasteiger partial charge in [0.2, 0.25) is 0 Å². The molecule has 0 bridgehead atoms. The summed E-state index contributed by atoms with van der Waals surface area (Å²) in [5.74, 6) is 2.03. The molecule has 4 rings (SSSR count). The summed E-state index contributed by atoms with van der Waals surface area (Å²) in [6.07, 6.45) is 0.928. The molecule has 1 fully saturated rings. The molecule has 1 aliphatic rings. The van der Waals surface area contributed by atoms with Crippen LogP contribution in [0.2, 0.25) is 5.02 Å². The Morgan fingerprint density at radius 2 is 1.86 bits per heavy atom. The first-order valence-electron chi connectivity index (χ1n) is 10.3. The molecular weight excluding hydrogens is 384 g/mol. The number of para-hydroxylation sites is 2. The predicted molar refractivity (Wildman–Crippen MR) is 119 cm³/mol. The molecule has 2 aromatic carbocycles. The molecule has 0 atom stereocenters. The van der Waals surface area contributed by atoms with Gasteiger partial charge < -0.3 is 14.2 Å². The molecule has 0 radical (unpaired) electrons. The zero-order valence-electron chi connectivity index (χ0n) is 17.3. The number of benzene rings is 2. The van der Waals surface area contributed by atoms with Crippen molar-refractivity contribution in [2.75, 3.05) is 39.8 Å². The SMILES string of the molecule is Cc1cc(OCCCn2c(CN3CCN(C)CC3)nc3ccccc32)ccc1Cl. The van der Waals surface area contributed by atoms with Crippen LogP contribution in [0.3, 0.4) is 0 Å². The Morgan fingerprint density at radius 3 is 2.66 bits per heavy atom. The predicted octanol–water partition coefficient (Wildman–Crippen LogP) is 4.21. The van der Waals surface area contributed by atoms with E-state index in [0.29, 0.717) is 6.61 Å². The van der Waals surface area contributed by atoms with E-state index in [9.17, 15) is 0 Å². The molecule has 1 aliphatic heterocycles. The summed E-state index contributed by atoms with van der Waals surface area (Å²) < 4.78 is 8.31. The highest BCUT2D eigenvalue weighted by Crippen LogP contribution is 2.22.